The summed E-state index contributed by atoms with van der Waals surface area (Å²) in [5.41, 5.74) is 1.19. The second-order valence-corrected chi connectivity index (χ2v) is 6.00. The van der Waals surface area contributed by atoms with Crippen molar-refractivity contribution >= 4 is 17.6 Å². The molecule has 3 atom stereocenters. The number of esters is 1. The zero-order valence-corrected chi connectivity index (χ0v) is 15.7. The Hall–Kier alpha value is -2.15. The van der Waals surface area contributed by atoms with Crippen LogP contribution in [-0.2, 0) is 9.53 Å². The van der Waals surface area contributed by atoms with Crippen LogP contribution in [0.4, 0.5) is 0 Å². The number of hydrogen-bond acceptors (Lipinski definition) is 6. The molecule has 26 heavy (non-hydrogen) atoms. The molecular formula is C19H23ClN2O4. The van der Waals surface area contributed by atoms with Crippen LogP contribution in [0.5, 0.6) is 5.75 Å². The van der Waals surface area contributed by atoms with Crippen LogP contribution < -0.4 is 10.1 Å². The van der Waals surface area contributed by atoms with Gasteiger partial charge in [-0.3, -0.25) is 4.79 Å². The highest BCUT2D eigenvalue weighted by molar-refractivity contribution is 6.30. The fourth-order valence-electron chi connectivity index (χ4n) is 2.86. The summed E-state index contributed by atoms with van der Waals surface area (Å²) in [4.78, 5) is 16.6. The van der Waals surface area contributed by atoms with Crippen molar-refractivity contribution in [2.75, 3.05) is 20.8 Å². The Morgan fingerprint density at radius 2 is 2.00 bits per heavy atom. The van der Waals surface area contributed by atoms with Crippen molar-refractivity contribution in [3.8, 4) is 5.75 Å². The van der Waals surface area contributed by atoms with Crippen molar-refractivity contribution in [1.82, 2.24) is 10.3 Å². The Labute approximate surface area is 158 Å². The minimum Gasteiger partial charge on any atom is -0.497 e. The van der Waals surface area contributed by atoms with Crippen LogP contribution in [0.3, 0.4) is 0 Å². The van der Waals surface area contributed by atoms with Gasteiger partial charge in [-0.25, -0.2) is 4.98 Å². The van der Waals surface area contributed by atoms with Gasteiger partial charge in [0.25, 0.3) is 0 Å². The van der Waals surface area contributed by atoms with Crippen molar-refractivity contribution in [2.45, 2.75) is 19.1 Å². The molecule has 0 spiro atoms. The van der Waals surface area contributed by atoms with Crippen molar-refractivity contribution in [3.63, 3.8) is 0 Å². The van der Waals surface area contributed by atoms with Crippen molar-refractivity contribution in [1.29, 1.82) is 0 Å². The maximum atomic E-state index is 12.7. The first-order chi connectivity index (χ1) is 12.5. The molecule has 1 aromatic carbocycles. The highest BCUT2D eigenvalue weighted by Gasteiger charge is 2.38. The molecular weight excluding hydrogens is 356 g/mol. The van der Waals surface area contributed by atoms with Gasteiger partial charge in [-0.2, -0.15) is 0 Å². The molecule has 2 aromatic rings. The summed E-state index contributed by atoms with van der Waals surface area (Å²) in [6.07, 6.45) is 0.339. The number of hydrogen-bond donors (Lipinski definition) is 2. The van der Waals surface area contributed by atoms with E-state index in [1.165, 1.54) is 6.20 Å². The highest BCUT2D eigenvalue weighted by Crippen LogP contribution is 2.36. The summed E-state index contributed by atoms with van der Waals surface area (Å²) < 4.78 is 10.4. The third kappa shape index (κ3) is 4.52. The van der Waals surface area contributed by atoms with Gasteiger partial charge in [-0.1, -0.05) is 29.8 Å². The minimum atomic E-state index is -1.19. The normalized spacial score (nSPS) is 14.3. The molecule has 0 radical (unpaired) electrons. The highest BCUT2D eigenvalue weighted by atomic mass is 35.5. The third-order valence-electron chi connectivity index (χ3n) is 4.15. The van der Waals surface area contributed by atoms with Crippen molar-refractivity contribution in [3.05, 3.63) is 58.9 Å². The van der Waals surface area contributed by atoms with E-state index >= 15 is 0 Å². The van der Waals surface area contributed by atoms with E-state index < -0.39 is 24.0 Å². The predicted octanol–water partition coefficient (Wildman–Crippen LogP) is 2.92. The van der Waals surface area contributed by atoms with Gasteiger partial charge in [0.2, 0.25) is 0 Å². The van der Waals surface area contributed by atoms with Crippen LogP contribution in [0, 0.1) is 5.92 Å². The number of halogens is 1. The van der Waals surface area contributed by atoms with Gasteiger partial charge in [0.15, 0.2) is 0 Å². The first-order valence-corrected chi connectivity index (χ1v) is 8.67. The molecule has 0 unspecified atom stereocenters. The second kappa shape index (κ2) is 9.52. The predicted molar refractivity (Wildman–Crippen MR) is 99.1 cm³/mol. The molecule has 0 aliphatic heterocycles. The number of aliphatic hydroxyl groups excluding tert-OH is 1. The maximum Gasteiger partial charge on any atom is 0.313 e. The van der Waals surface area contributed by atoms with Crippen LogP contribution in [0.15, 0.2) is 42.6 Å². The fraction of sp³-hybridized carbons (Fsp3) is 0.368. The minimum absolute atomic E-state index is 0.152. The molecule has 0 amide bonds. The number of pyridine rings is 1. The maximum absolute atomic E-state index is 12.7. The molecule has 6 nitrogen and oxygen atoms in total. The monoisotopic (exact) mass is 378 g/mol. The molecule has 0 saturated heterocycles. The Bertz CT molecular complexity index is 724. The number of benzene rings is 1. The fourth-order valence-corrected chi connectivity index (χ4v) is 3.09. The molecule has 1 heterocycles. The molecule has 0 aliphatic carbocycles. The molecule has 140 valence electrons. The molecule has 1 aromatic heterocycles. The van der Waals surface area contributed by atoms with E-state index in [2.05, 4.69) is 10.3 Å². The van der Waals surface area contributed by atoms with Crippen molar-refractivity contribution in [2.24, 2.45) is 5.92 Å². The first kappa shape index (κ1) is 20.2. The SMILES string of the molecule is CCOC(=O)[C@H]([C@H](O)c1cccnc1Cl)[C@@H](NC)c1ccc(OC)cc1. The third-order valence-corrected chi connectivity index (χ3v) is 4.47. The average molecular weight is 379 g/mol. The summed E-state index contributed by atoms with van der Waals surface area (Å²) >= 11 is 6.12. The van der Waals surface area contributed by atoms with Gasteiger partial charge in [-0.05, 0) is 37.7 Å². The standard InChI is InChI=1S/C19H23ClN2O4/c1-4-26-19(24)15(17(23)14-6-5-11-22-18(14)20)16(21-2)12-7-9-13(25-3)10-8-12/h5-11,15-17,21,23H,4H2,1-3H3/t15-,16-,17+/m0/s1. The Morgan fingerprint density at radius 1 is 1.31 bits per heavy atom. The molecule has 0 saturated carbocycles. The van der Waals surface area contributed by atoms with Crippen LogP contribution in [0.2, 0.25) is 5.15 Å². The Morgan fingerprint density at radius 3 is 2.54 bits per heavy atom. The van der Waals surface area contributed by atoms with E-state index in [1.54, 1.807) is 45.3 Å². The van der Waals surface area contributed by atoms with Gasteiger partial charge < -0.3 is 19.9 Å². The smallest absolute Gasteiger partial charge is 0.313 e. The number of ether oxygens (including phenoxy) is 2. The molecule has 7 heteroatoms. The number of aliphatic hydroxyl groups is 1. The molecule has 2 N–H and O–H groups in total. The molecule has 0 fully saturated rings. The van der Waals surface area contributed by atoms with Gasteiger partial charge in [0.1, 0.15) is 16.8 Å². The van der Waals surface area contributed by atoms with Gasteiger partial charge in [0, 0.05) is 17.8 Å². The van der Waals surface area contributed by atoms with E-state index in [0.717, 1.165) is 5.56 Å². The lowest BCUT2D eigenvalue weighted by molar-refractivity contribution is -0.154. The number of rotatable bonds is 8. The van der Waals surface area contributed by atoms with E-state index in [-0.39, 0.29) is 11.8 Å². The quantitative estimate of drug-likeness (QED) is 0.543. The van der Waals surface area contributed by atoms with E-state index in [1.807, 2.05) is 12.1 Å². The molecule has 0 aliphatic rings. The summed E-state index contributed by atoms with van der Waals surface area (Å²) in [5.74, 6) is -0.725. The number of nitrogens with zero attached hydrogens (tertiary/aromatic N) is 1. The van der Waals surface area contributed by atoms with Gasteiger partial charge in [0.05, 0.1) is 19.8 Å². The zero-order chi connectivity index (χ0) is 19.1. The van der Waals surface area contributed by atoms with Crippen LogP contribution >= 0.6 is 11.6 Å². The molecule has 2 rings (SSSR count). The first-order valence-electron chi connectivity index (χ1n) is 8.29. The van der Waals surface area contributed by atoms with Gasteiger partial charge >= 0.3 is 5.97 Å². The Kier molecular flexibility index (Phi) is 7.38. The van der Waals surface area contributed by atoms with Crippen molar-refractivity contribution < 1.29 is 19.4 Å². The van der Waals surface area contributed by atoms with E-state index in [0.29, 0.717) is 11.3 Å². The lowest BCUT2D eigenvalue weighted by Crippen LogP contribution is -2.36. The van der Waals surface area contributed by atoms with E-state index in [9.17, 15) is 9.90 Å². The summed E-state index contributed by atoms with van der Waals surface area (Å²) in [6, 6.07) is 10.1. The lowest BCUT2D eigenvalue weighted by Gasteiger charge is -2.30. The second-order valence-electron chi connectivity index (χ2n) is 5.65. The largest absolute Gasteiger partial charge is 0.497 e. The van der Waals surface area contributed by atoms with Crippen LogP contribution in [-0.4, -0.2) is 36.8 Å². The van der Waals surface area contributed by atoms with Crippen LogP contribution in [0.1, 0.15) is 30.2 Å². The van der Waals surface area contributed by atoms with E-state index in [4.69, 9.17) is 21.1 Å². The number of aromatic nitrogens is 1. The molecule has 0 bridgehead atoms. The number of nitrogens with one attached hydrogen (secondary N) is 1. The number of methoxy groups -OCH3 is 1. The van der Waals surface area contributed by atoms with Crippen LogP contribution in [0.25, 0.3) is 0 Å². The number of carbonyl (C=O) groups is 1. The van der Waals surface area contributed by atoms with Gasteiger partial charge in [-0.15, -0.1) is 0 Å². The average Bonchev–Trinajstić information content (AvgIpc) is 2.66. The zero-order valence-electron chi connectivity index (χ0n) is 15.0. The topological polar surface area (TPSA) is 80.7 Å². The number of carbonyl (C=O) groups excluding carboxylic acids is 1. The Balaban J connectivity index is 2.44. The lowest BCUT2D eigenvalue weighted by atomic mass is 9.85. The summed E-state index contributed by atoms with van der Waals surface area (Å²) in [5, 5.41) is 14.2. The summed E-state index contributed by atoms with van der Waals surface area (Å²) in [6.45, 7) is 1.93. The summed E-state index contributed by atoms with van der Waals surface area (Å²) in [7, 11) is 3.30.